The zero-order chi connectivity index (χ0) is 17.8. The third kappa shape index (κ3) is 4.35. The molecule has 1 atom stereocenters. The van der Waals surface area contributed by atoms with Gasteiger partial charge in [-0.2, -0.15) is 5.10 Å². The van der Waals surface area contributed by atoms with Crippen LogP contribution in [0.5, 0.6) is 0 Å². The van der Waals surface area contributed by atoms with Gasteiger partial charge in [0, 0.05) is 24.8 Å². The fourth-order valence-electron chi connectivity index (χ4n) is 3.25. The molecule has 0 radical (unpaired) electrons. The van der Waals surface area contributed by atoms with Crippen LogP contribution in [0.25, 0.3) is 11.4 Å². The smallest absolute Gasteiger partial charge is 0.240 e. The fourth-order valence-corrected chi connectivity index (χ4v) is 3.44. The summed E-state index contributed by atoms with van der Waals surface area (Å²) in [6, 6.07) is 8.12. The minimum Gasteiger partial charge on any atom is -0.381 e. The molecular weight excluding hydrogens is 336 g/mol. The lowest BCUT2D eigenvalue weighted by molar-refractivity contribution is -0.122. The highest BCUT2D eigenvalue weighted by Gasteiger charge is 2.22. The highest BCUT2D eigenvalue weighted by molar-refractivity contribution is 7.71. The molecule has 25 heavy (non-hydrogen) atoms. The van der Waals surface area contributed by atoms with E-state index in [0.717, 1.165) is 37.2 Å². The predicted molar refractivity (Wildman–Crippen MR) is 98.7 cm³/mol. The standard InChI is InChI=1S/C18H24N4O2S/c1-12-4-3-5-15(10-12)17-20-21-18(25)22(17)11-16(23)19-13(2)14-6-8-24-9-7-14/h3-5,10,13-14H,6-9,11H2,1-2H3,(H,19,23)(H,21,25). The van der Waals surface area contributed by atoms with Gasteiger partial charge in [0.2, 0.25) is 5.91 Å². The van der Waals surface area contributed by atoms with Crippen LogP contribution in [0.15, 0.2) is 24.3 Å². The number of nitrogens with zero attached hydrogens (tertiary/aromatic N) is 2. The minimum absolute atomic E-state index is 0.0506. The van der Waals surface area contributed by atoms with Gasteiger partial charge in [0.05, 0.1) is 0 Å². The Labute approximate surface area is 152 Å². The summed E-state index contributed by atoms with van der Waals surface area (Å²) in [5.41, 5.74) is 2.08. The number of amides is 1. The summed E-state index contributed by atoms with van der Waals surface area (Å²) >= 11 is 5.31. The largest absolute Gasteiger partial charge is 0.381 e. The van der Waals surface area contributed by atoms with Crippen molar-refractivity contribution in [2.45, 2.75) is 39.3 Å². The number of ether oxygens (including phenoxy) is 1. The Morgan fingerprint density at radius 1 is 1.48 bits per heavy atom. The summed E-state index contributed by atoms with van der Waals surface area (Å²) in [5, 5.41) is 10.2. The quantitative estimate of drug-likeness (QED) is 0.804. The van der Waals surface area contributed by atoms with E-state index in [9.17, 15) is 4.79 Å². The fraction of sp³-hybridized carbons (Fsp3) is 0.500. The second kappa shape index (κ2) is 7.93. The Kier molecular flexibility index (Phi) is 5.65. The minimum atomic E-state index is -0.0506. The van der Waals surface area contributed by atoms with E-state index in [1.54, 1.807) is 4.57 Å². The van der Waals surface area contributed by atoms with E-state index in [2.05, 4.69) is 22.4 Å². The molecule has 1 aromatic heterocycles. The first-order valence-corrected chi connectivity index (χ1v) is 9.05. The molecule has 1 amide bonds. The molecule has 0 bridgehead atoms. The van der Waals surface area contributed by atoms with Crippen LogP contribution in [0, 0.1) is 17.6 Å². The van der Waals surface area contributed by atoms with Gasteiger partial charge >= 0.3 is 0 Å². The maximum Gasteiger partial charge on any atom is 0.240 e. The van der Waals surface area contributed by atoms with Gasteiger partial charge in [-0.15, -0.1) is 0 Å². The molecule has 1 aromatic carbocycles. The molecule has 2 heterocycles. The molecule has 1 aliphatic heterocycles. The van der Waals surface area contributed by atoms with E-state index in [0.29, 0.717) is 16.5 Å². The summed E-state index contributed by atoms with van der Waals surface area (Å²) in [4.78, 5) is 12.5. The number of carbonyl (C=O) groups is 1. The number of aryl methyl sites for hydroxylation is 1. The second-order valence-corrected chi connectivity index (χ2v) is 7.00. The number of aromatic amines is 1. The van der Waals surface area contributed by atoms with Crippen LogP contribution in [0.1, 0.15) is 25.3 Å². The molecule has 1 aliphatic rings. The maximum absolute atomic E-state index is 12.5. The molecule has 0 saturated carbocycles. The SMILES string of the molecule is Cc1cccc(-c2n[nH]c(=S)n2CC(=O)NC(C)C2CCOCC2)c1. The highest BCUT2D eigenvalue weighted by atomic mass is 32.1. The van der Waals surface area contributed by atoms with Gasteiger partial charge in [0.25, 0.3) is 0 Å². The highest BCUT2D eigenvalue weighted by Crippen LogP contribution is 2.20. The molecule has 1 unspecified atom stereocenters. The van der Waals surface area contributed by atoms with Gasteiger partial charge in [-0.05, 0) is 50.9 Å². The number of rotatable bonds is 5. The number of benzene rings is 1. The topological polar surface area (TPSA) is 71.9 Å². The Hall–Kier alpha value is -1.99. The van der Waals surface area contributed by atoms with E-state index in [4.69, 9.17) is 17.0 Å². The Bertz CT molecular complexity index is 792. The third-order valence-electron chi connectivity index (χ3n) is 4.70. The average molecular weight is 360 g/mol. The first-order valence-electron chi connectivity index (χ1n) is 8.64. The van der Waals surface area contributed by atoms with Crippen molar-refractivity contribution in [1.82, 2.24) is 20.1 Å². The van der Waals surface area contributed by atoms with E-state index >= 15 is 0 Å². The number of hydrogen-bond acceptors (Lipinski definition) is 4. The van der Waals surface area contributed by atoms with Crippen molar-refractivity contribution >= 4 is 18.1 Å². The van der Waals surface area contributed by atoms with E-state index in [1.165, 1.54) is 0 Å². The molecule has 1 saturated heterocycles. The van der Waals surface area contributed by atoms with Gasteiger partial charge in [-0.25, -0.2) is 0 Å². The van der Waals surface area contributed by atoms with Crippen molar-refractivity contribution in [1.29, 1.82) is 0 Å². The van der Waals surface area contributed by atoms with Crippen LogP contribution in [0.3, 0.4) is 0 Å². The third-order valence-corrected chi connectivity index (χ3v) is 5.01. The first kappa shape index (κ1) is 17.8. The van der Waals surface area contributed by atoms with E-state index < -0.39 is 0 Å². The van der Waals surface area contributed by atoms with E-state index in [1.807, 2.05) is 31.2 Å². The average Bonchev–Trinajstić information content (AvgIpc) is 2.96. The lowest BCUT2D eigenvalue weighted by Gasteiger charge is -2.28. The lowest BCUT2D eigenvalue weighted by Crippen LogP contribution is -2.41. The number of H-pyrrole nitrogens is 1. The van der Waals surface area contributed by atoms with Crippen LogP contribution in [-0.2, 0) is 16.1 Å². The Morgan fingerprint density at radius 2 is 2.24 bits per heavy atom. The van der Waals surface area contributed by atoms with Crippen LogP contribution < -0.4 is 5.32 Å². The van der Waals surface area contributed by atoms with Crippen molar-refractivity contribution in [3.8, 4) is 11.4 Å². The normalized spacial score (nSPS) is 16.6. The summed E-state index contributed by atoms with van der Waals surface area (Å²) in [6.07, 6.45) is 1.97. The summed E-state index contributed by atoms with van der Waals surface area (Å²) in [5.74, 6) is 1.10. The number of nitrogens with one attached hydrogen (secondary N) is 2. The lowest BCUT2D eigenvalue weighted by atomic mass is 9.93. The summed E-state index contributed by atoms with van der Waals surface area (Å²) in [6.45, 7) is 5.79. The zero-order valence-corrected chi connectivity index (χ0v) is 15.4. The van der Waals surface area contributed by atoms with E-state index in [-0.39, 0.29) is 18.5 Å². The molecule has 0 aliphatic carbocycles. The zero-order valence-electron chi connectivity index (χ0n) is 14.6. The molecule has 2 N–H and O–H groups in total. The molecule has 3 rings (SSSR count). The number of aromatic nitrogens is 3. The van der Waals surface area contributed by atoms with Crippen molar-refractivity contribution in [2.75, 3.05) is 13.2 Å². The summed E-state index contributed by atoms with van der Waals surface area (Å²) in [7, 11) is 0. The Morgan fingerprint density at radius 3 is 2.96 bits per heavy atom. The molecule has 1 fully saturated rings. The van der Waals surface area contributed by atoms with Crippen molar-refractivity contribution in [3.63, 3.8) is 0 Å². The van der Waals surface area contributed by atoms with Gasteiger partial charge in [-0.1, -0.05) is 23.8 Å². The number of carbonyl (C=O) groups excluding carboxylic acids is 1. The number of hydrogen-bond donors (Lipinski definition) is 2. The first-order chi connectivity index (χ1) is 12.0. The van der Waals surface area contributed by atoms with Crippen LogP contribution in [0.4, 0.5) is 0 Å². The van der Waals surface area contributed by atoms with Crippen molar-refractivity contribution in [2.24, 2.45) is 5.92 Å². The van der Waals surface area contributed by atoms with Gasteiger partial charge in [0.15, 0.2) is 10.6 Å². The molecule has 7 heteroatoms. The molecule has 2 aromatic rings. The monoisotopic (exact) mass is 360 g/mol. The molecule has 6 nitrogen and oxygen atoms in total. The molecule has 0 spiro atoms. The van der Waals surface area contributed by atoms with Crippen LogP contribution in [-0.4, -0.2) is 39.9 Å². The van der Waals surface area contributed by atoms with Crippen molar-refractivity contribution in [3.05, 3.63) is 34.6 Å². The van der Waals surface area contributed by atoms with Gasteiger partial charge < -0.3 is 10.1 Å². The molecule has 134 valence electrons. The van der Waals surface area contributed by atoms with Crippen molar-refractivity contribution < 1.29 is 9.53 Å². The maximum atomic E-state index is 12.5. The van der Waals surface area contributed by atoms with Gasteiger partial charge in [-0.3, -0.25) is 14.5 Å². The Balaban J connectivity index is 1.71. The van der Waals surface area contributed by atoms with Crippen LogP contribution in [0.2, 0.25) is 0 Å². The predicted octanol–water partition coefficient (Wildman–Crippen LogP) is 2.85. The second-order valence-electron chi connectivity index (χ2n) is 6.61. The summed E-state index contributed by atoms with van der Waals surface area (Å²) < 4.78 is 7.58. The molecular formula is C18H24N4O2S. The van der Waals surface area contributed by atoms with Gasteiger partial charge in [0.1, 0.15) is 6.54 Å². The van der Waals surface area contributed by atoms with Crippen LogP contribution >= 0.6 is 12.2 Å².